The maximum Gasteiger partial charge on any atom is 0.322 e. The molecule has 1 aromatic heterocycles. The number of amides is 3. The number of carbonyl (C=O) groups excluding carboxylic acids is 2. The van der Waals surface area contributed by atoms with E-state index in [0.717, 1.165) is 46.4 Å². The number of halogens is 1. The fourth-order valence-corrected chi connectivity index (χ4v) is 5.23. The van der Waals surface area contributed by atoms with Crippen molar-refractivity contribution in [2.24, 2.45) is 0 Å². The van der Waals surface area contributed by atoms with Crippen molar-refractivity contribution >= 4 is 33.6 Å². The minimum atomic E-state index is -0.288. The van der Waals surface area contributed by atoms with E-state index in [1.807, 2.05) is 29.2 Å². The number of nitrogens with one attached hydrogen (secondary N) is 1. The molecule has 3 amide bonds. The molecule has 1 heterocycles. The monoisotopic (exact) mass is 638 g/mol. The minimum absolute atomic E-state index is 0.0206. The van der Waals surface area contributed by atoms with E-state index in [1.165, 1.54) is 5.56 Å². The van der Waals surface area contributed by atoms with Gasteiger partial charge in [0.1, 0.15) is 6.54 Å². The summed E-state index contributed by atoms with van der Waals surface area (Å²) in [5.74, 6) is 0.407. The molecule has 0 radical (unpaired) electrons. The standard InChI is InChI=1S/C34H47BrN4O3/c1-7-8-18-38(23-29-11-10-19-37(29)22-27-14-16-28(35)17-15-27)32(40)24-39(20-21-42-6)34(41)36-33-30(25(2)3)12-9-13-31(33)26(4)5/h9-17,19,25-26H,7-8,18,20-24H2,1-6H3,(H,36,41). The summed E-state index contributed by atoms with van der Waals surface area (Å²) in [4.78, 5) is 31.0. The molecule has 42 heavy (non-hydrogen) atoms. The van der Waals surface area contributed by atoms with Gasteiger partial charge in [0.05, 0.1) is 13.2 Å². The molecular formula is C34H47BrN4O3. The van der Waals surface area contributed by atoms with E-state index < -0.39 is 0 Å². The maximum atomic E-state index is 13.8. The molecule has 3 aromatic rings. The fraction of sp³-hybridized carbons (Fsp3) is 0.471. The molecule has 7 nitrogen and oxygen atoms in total. The van der Waals surface area contributed by atoms with Crippen LogP contribution < -0.4 is 5.32 Å². The third kappa shape index (κ3) is 9.46. The molecule has 0 aliphatic heterocycles. The lowest BCUT2D eigenvalue weighted by molar-refractivity contribution is -0.132. The van der Waals surface area contributed by atoms with Gasteiger partial charge in [0.25, 0.3) is 0 Å². The summed E-state index contributed by atoms with van der Waals surface area (Å²) < 4.78 is 8.54. The van der Waals surface area contributed by atoms with Crippen LogP contribution in [0.2, 0.25) is 0 Å². The van der Waals surface area contributed by atoms with Crippen LogP contribution in [0.4, 0.5) is 10.5 Å². The SMILES string of the molecule is CCCCN(Cc1cccn1Cc1ccc(Br)cc1)C(=O)CN(CCOC)C(=O)Nc1c(C(C)C)cccc1C(C)C. The number of hydrogen-bond donors (Lipinski definition) is 1. The number of urea groups is 1. The predicted octanol–water partition coefficient (Wildman–Crippen LogP) is 7.85. The Morgan fingerprint density at radius 3 is 2.19 bits per heavy atom. The number of para-hydroxylation sites is 1. The van der Waals surface area contributed by atoms with E-state index in [1.54, 1.807) is 12.0 Å². The first kappa shape index (κ1) is 33.4. The van der Waals surface area contributed by atoms with Crippen molar-refractivity contribution in [1.29, 1.82) is 0 Å². The predicted molar refractivity (Wildman–Crippen MR) is 175 cm³/mol. The topological polar surface area (TPSA) is 66.8 Å². The van der Waals surface area contributed by atoms with Crippen LogP contribution in [0.5, 0.6) is 0 Å². The Hall–Kier alpha value is -3.10. The molecule has 1 N–H and O–H groups in total. The molecule has 3 rings (SSSR count). The zero-order chi connectivity index (χ0) is 30.6. The van der Waals surface area contributed by atoms with Gasteiger partial charge in [-0.25, -0.2) is 4.79 Å². The van der Waals surface area contributed by atoms with Gasteiger partial charge in [-0.15, -0.1) is 0 Å². The highest BCUT2D eigenvalue weighted by atomic mass is 79.9. The number of hydrogen-bond acceptors (Lipinski definition) is 3. The molecule has 0 aliphatic carbocycles. The zero-order valence-corrected chi connectivity index (χ0v) is 27.6. The molecule has 0 saturated carbocycles. The summed E-state index contributed by atoms with van der Waals surface area (Å²) in [6, 6.07) is 18.3. The second-order valence-electron chi connectivity index (χ2n) is 11.4. The normalized spacial score (nSPS) is 11.3. The molecule has 2 aromatic carbocycles. The Kier molecular flexibility index (Phi) is 13.1. The summed E-state index contributed by atoms with van der Waals surface area (Å²) in [7, 11) is 1.61. The summed E-state index contributed by atoms with van der Waals surface area (Å²) in [6.45, 7) is 13.1. The highest BCUT2D eigenvalue weighted by Crippen LogP contribution is 2.32. The van der Waals surface area contributed by atoms with Gasteiger partial charge < -0.3 is 24.4 Å². The molecule has 0 unspecified atom stereocenters. The van der Waals surface area contributed by atoms with E-state index in [4.69, 9.17) is 4.74 Å². The summed E-state index contributed by atoms with van der Waals surface area (Å²) in [6.07, 6.45) is 3.92. The average Bonchev–Trinajstić information content (AvgIpc) is 3.40. The van der Waals surface area contributed by atoms with Crippen molar-refractivity contribution in [3.05, 3.63) is 87.7 Å². The smallest absolute Gasteiger partial charge is 0.322 e. The maximum absolute atomic E-state index is 13.8. The Bertz CT molecular complexity index is 1260. The van der Waals surface area contributed by atoms with Crippen molar-refractivity contribution in [2.45, 2.75) is 72.4 Å². The highest BCUT2D eigenvalue weighted by Gasteiger charge is 2.24. The lowest BCUT2D eigenvalue weighted by Crippen LogP contribution is -2.46. The first-order valence-electron chi connectivity index (χ1n) is 15.0. The number of rotatable bonds is 15. The quantitative estimate of drug-likeness (QED) is 0.184. The second-order valence-corrected chi connectivity index (χ2v) is 12.3. The van der Waals surface area contributed by atoms with Crippen molar-refractivity contribution < 1.29 is 14.3 Å². The lowest BCUT2D eigenvalue weighted by Gasteiger charge is -2.29. The Morgan fingerprint density at radius 1 is 0.929 bits per heavy atom. The van der Waals surface area contributed by atoms with Crippen LogP contribution in [0.15, 0.2) is 65.3 Å². The van der Waals surface area contributed by atoms with Gasteiger partial charge in [0.15, 0.2) is 0 Å². The van der Waals surface area contributed by atoms with Crippen molar-refractivity contribution in [3.63, 3.8) is 0 Å². The van der Waals surface area contributed by atoms with Crippen molar-refractivity contribution in [1.82, 2.24) is 14.4 Å². The van der Waals surface area contributed by atoms with Crippen LogP contribution in [-0.2, 0) is 22.6 Å². The van der Waals surface area contributed by atoms with E-state index in [0.29, 0.717) is 26.2 Å². The fourth-order valence-electron chi connectivity index (χ4n) is 4.97. The summed E-state index contributed by atoms with van der Waals surface area (Å²) in [5, 5.41) is 3.18. The van der Waals surface area contributed by atoms with Crippen LogP contribution in [0, 0.1) is 0 Å². The molecule has 0 atom stereocenters. The molecule has 0 aliphatic rings. The number of ether oxygens (including phenoxy) is 1. The molecule has 0 saturated heterocycles. The van der Waals surface area contributed by atoms with Gasteiger partial charge in [-0.1, -0.05) is 87.3 Å². The first-order chi connectivity index (χ1) is 20.1. The van der Waals surface area contributed by atoms with Crippen LogP contribution in [0.1, 0.15) is 81.7 Å². The van der Waals surface area contributed by atoms with Gasteiger partial charge in [-0.2, -0.15) is 0 Å². The number of unbranched alkanes of at least 4 members (excludes halogenated alkanes) is 1. The first-order valence-corrected chi connectivity index (χ1v) is 15.8. The van der Waals surface area contributed by atoms with Gasteiger partial charge >= 0.3 is 6.03 Å². The van der Waals surface area contributed by atoms with Crippen molar-refractivity contribution in [2.75, 3.05) is 38.7 Å². The Labute approximate surface area is 260 Å². The number of methoxy groups -OCH3 is 1. The lowest BCUT2D eigenvalue weighted by atomic mass is 9.93. The molecule has 8 heteroatoms. The number of nitrogens with zero attached hydrogens (tertiary/aromatic N) is 3. The number of carbonyl (C=O) groups is 2. The number of benzene rings is 2. The summed E-state index contributed by atoms with van der Waals surface area (Å²) >= 11 is 3.50. The van der Waals surface area contributed by atoms with Crippen molar-refractivity contribution in [3.8, 4) is 0 Å². The van der Waals surface area contributed by atoms with Gasteiger partial charge in [-0.3, -0.25) is 4.79 Å². The van der Waals surface area contributed by atoms with E-state index >= 15 is 0 Å². The van der Waals surface area contributed by atoms with Crippen LogP contribution in [0.25, 0.3) is 0 Å². The number of aromatic nitrogens is 1. The molecule has 0 spiro atoms. The molecule has 0 fully saturated rings. The highest BCUT2D eigenvalue weighted by molar-refractivity contribution is 9.10. The molecule has 228 valence electrons. The van der Waals surface area contributed by atoms with E-state index in [9.17, 15) is 9.59 Å². The zero-order valence-electron chi connectivity index (χ0n) is 26.0. The van der Waals surface area contributed by atoms with Gasteiger partial charge in [-0.05, 0) is 59.2 Å². The number of anilines is 1. The Morgan fingerprint density at radius 2 is 1.60 bits per heavy atom. The molecule has 0 bridgehead atoms. The van der Waals surface area contributed by atoms with Crippen LogP contribution >= 0.6 is 15.9 Å². The third-order valence-electron chi connectivity index (χ3n) is 7.46. The largest absolute Gasteiger partial charge is 0.383 e. The van der Waals surface area contributed by atoms with E-state index in [-0.39, 0.29) is 30.3 Å². The van der Waals surface area contributed by atoms with Gasteiger partial charge in [0.2, 0.25) is 5.91 Å². The van der Waals surface area contributed by atoms with E-state index in [2.05, 4.69) is 97.0 Å². The molecular weight excluding hydrogens is 592 g/mol. The third-order valence-corrected chi connectivity index (χ3v) is 7.99. The Balaban J connectivity index is 1.80. The van der Waals surface area contributed by atoms with Crippen LogP contribution in [0.3, 0.4) is 0 Å². The van der Waals surface area contributed by atoms with Gasteiger partial charge in [0, 0.05) is 48.8 Å². The average molecular weight is 640 g/mol. The van der Waals surface area contributed by atoms with Crippen LogP contribution in [-0.4, -0.2) is 59.7 Å². The minimum Gasteiger partial charge on any atom is -0.383 e. The summed E-state index contributed by atoms with van der Waals surface area (Å²) in [5.41, 5.74) is 5.26. The second kappa shape index (κ2) is 16.5.